The van der Waals surface area contributed by atoms with Gasteiger partial charge in [0.25, 0.3) is 11.1 Å². The van der Waals surface area contributed by atoms with Gasteiger partial charge in [-0.1, -0.05) is 23.7 Å². The molecule has 3 rings (SSSR count). The summed E-state index contributed by atoms with van der Waals surface area (Å²) in [5, 5.41) is 9.33. The predicted molar refractivity (Wildman–Crippen MR) is 97.6 cm³/mol. The fourth-order valence-corrected chi connectivity index (χ4v) is 3.46. The van der Waals surface area contributed by atoms with Gasteiger partial charge in [0, 0.05) is 5.02 Å². The van der Waals surface area contributed by atoms with Gasteiger partial charge >= 0.3 is 0 Å². The molecule has 1 saturated heterocycles. The molecule has 0 aliphatic carbocycles. The summed E-state index contributed by atoms with van der Waals surface area (Å²) in [5.74, 6) is -0.721. The van der Waals surface area contributed by atoms with Crippen LogP contribution in [0, 0.1) is 5.82 Å². The number of phenols is 1. The molecule has 0 spiro atoms. The van der Waals surface area contributed by atoms with Gasteiger partial charge in [0.05, 0.1) is 18.6 Å². The molecule has 0 unspecified atom stereocenters. The molecule has 8 heteroatoms. The van der Waals surface area contributed by atoms with E-state index >= 15 is 0 Å². The lowest BCUT2D eigenvalue weighted by atomic mass is 10.1. The zero-order chi connectivity index (χ0) is 18.8. The number of halogens is 2. The Labute approximate surface area is 158 Å². The third kappa shape index (κ3) is 3.68. The lowest BCUT2D eigenvalue weighted by Gasteiger charge is -2.13. The highest BCUT2D eigenvalue weighted by Gasteiger charge is 2.35. The second-order valence-electron chi connectivity index (χ2n) is 5.43. The van der Waals surface area contributed by atoms with Gasteiger partial charge in [0.1, 0.15) is 5.82 Å². The Morgan fingerprint density at radius 3 is 2.73 bits per heavy atom. The van der Waals surface area contributed by atoms with Gasteiger partial charge in [-0.3, -0.25) is 14.5 Å². The molecule has 0 aromatic heterocycles. The van der Waals surface area contributed by atoms with Crippen LogP contribution in [-0.4, -0.2) is 28.3 Å². The number of imide groups is 1. The number of hydrogen-bond donors (Lipinski definition) is 1. The third-order valence-corrected chi connectivity index (χ3v) is 4.98. The summed E-state index contributed by atoms with van der Waals surface area (Å²) in [6, 6.07) is 8.39. The van der Waals surface area contributed by atoms with Crippen LogP contribution < -0.4 is 4.74 Å². The van der Waals surface area contributed by atoms with Crippen LogP contribution in [0.15, 0.2) is 41.3 Å². The number of hydrogen-bond acceptors (Lipinski definition) is 5. The molecule has 1 heterocycles. The largest absolute Gasteiger partial charge is 0.504 e. The maximum atomic E-state index is 13.1. The first kappa shape index (κ1) is 18.3. The second kappa shape index (κ2) is 7.39. The Morgan fingerprint density at radius 2 is 2.04 bits per heavy atom. The average Bonchev–Trinajstić information content (AvgIpc) is 2.86. The molecule has 1 fully saturated rings. The number of aromatic hydroxyl groups is 1. The smallest absolute Gasteiger partial charge is 0.293 e. The molecule has 0 saturated carbocycles. The SMILES string of the molecule is COc1cc(C=C2SC(=O)N(Cc3ccc(F)cc3Cl)C2=O)ccc1O. The lowest BCUT2D eigenvalue weighted by molar-refractivity contribution is -0.123. The summed E-state index contributed by atoms with van der Waals surface area (Å²) in [6.07, 6.45) is 1.54. The number of amides is 2. The van der Waals surface area contributed by atoms with E-state index in [1.807, 2.05) is 0 Å². The number of ether oxygens (including phenoxy) is 1. The van der Waals surface area contributed by atoms with Crippen molar-refractivity contribution >= 4 is 40.6 Å². The number of rotatable bonds is 4. The van der Waals surface area contributed by atoms with Crippen LogP contribution in [0.2, 0.25) is 5.02 Å². The topological polar surface area (TPSA) is 66.8 Å². The first-order valence-electron chi connectivity index (χ1n) is 7.45. The summed E-state index contributed by atoms with van der Waals surface area (Å²) in [6.45, 7) is -0.0416. The minimum absolute atomic E-state index is 0.0243. The molecule has 26 heavy (non-hydrogen) atoms. The number of phenolic OH excluding ortho intramolecular Hbond substituents is 1. The summed E-state index contributed by atoms with van der Waals surface area (Å²) in [7, 11) is 1.42. The zero-order valence-electron chi connectivity index (χ0n) is 13.5. The van der Waals surface area contributed by atoms with Crippen LogP contribution in [0.25, 0.3) is 6.08 Å². The van der Waals surface area contributed by atoms with E-state index in [1.54, 1.807) is 18.2 Å². The van der Waals surface area contributed by atoms with Crippen molar-refractivity contribution in [3.05, 3.63) is 63.3 Å². The molecule has 2 aromatic carbocycles. The number of methoxy groups -OCH3 is 1. The lowest BCUT2D eigenvalue weighted by Crippen LogP contribution is -2.27. The van der Waals surface area contributed by atoms with E-state index in [0.717, 1.165) is 22.7 Å². The maximum absolute atomic E-state index is 13.1. The molecular weight excluding hydrogens is 381 g/mol. The van der Waals surface area contributed by atoms with Crippen LogP contribution in [0.1, 0.15) is 11.1 Å². The molecule has 5 nitrogen and oxygen atoms in total. The predicted octanol–water partition coefficient (Wildman–Crippen LogP) is 4.43. The van der Waals surface area contributed by atoms with Gasteiger partial charge in [-0.15, -0.1) is 0 Å². The minimum Gasteiger partial charge on any atom is -0.504 e. The molecular formula is C18H13ClFNO4S. The first-order chi connectivity index (χ1) is 12.4. The van der Waals surface area contributed by atoms with E-state index in [9.17, 15) is 19.1 Å². The standard InChI is InChI=1S/C18H13ClFNO4S/c1-25-15-6-10(2-5-14(15)22)7-16-17(23)21(18(24)26-16)9-11-3-4-12(20)8-13(11)19/h2-8,22H,9H2,1H3. The molecule has 0 atom stereocenters. The highest BCUT2D eigenvalue weighted by Crippen LogP contribution is 2.35. The number of thioether (sulfide) groups is 1. The van der Waals surface area contributed by atoms with Crippen molar-refractivity contribution in [3.63, 3.8) is 0 Å². The highest BCUT2D eigenvalue weighted by molar-refractivity contribution is 8.18. The summed E-state index contributed by atoms with van der Waals surface area (Å²) < 4.78 is 18.2. The van der Waals surface area contributed by atoms with Crippen molar-refractivity contribution in [2.75, 3.05) is 7.11 Å². The number of carbonyl (C=O) groups excluding carboxylic acids is 2. The normalized spacial score (nSPS) is 15.8. The van der Waals surface area contributed by atoms with E-state index < -0.39 is 17.0 Å². The molecule has 0 radical (unpaired) electrons. The van der Waals surface area contributed by atoms with Crippen molar-refractivity contribution in [1.29, 1.82) is 0 Å². The van der Waals surface area contributed by atoms with Gasteiger partial charge in [0.2, 0.25) is 0 Å². The number of benzene rings is 2. The number of carbonyl (C=O) groups is 2. The molecule has 2 aromatic rings. The van der Waals surface area contributed by atoms with E-state index in [4.69, 9.17) is 16.3 Å². The highest BCUT2D eigenvalue weighted by atomic mass is 35.5. The van der Waals surface area contributed by atoms with Crippen molar-refractivity contribution < 1.29 is 23.8 Å². The second-order valence-corrected chi connectivity index (χ2v) is 6.84. The van der Waals surface area contributed by atoms with Crippen molar-refractivity contribution in [2.45, 2.75) is 6.54 Å². The Kier molecular flexibility index (Phi) is 5.20. The summed E-state index contributed by atoms with van der Waals surface area (Å²) in [5.41, 5.74) is 1.08. The van der Waals surface area contributed by atoms with Gasteiger partial charge in [-0.2, -0.15) is 0 Å². The molecule has 1 N–H and O–H groups in total. The first-order valence-corrected chi connectivity index (χ1v) is 8.65. The average molecular weight is 394 g/mol. The fourth-order valence-electron chi connectivity index (χ4n) is 2.39. The van der Waals surface area contributed by atoms with Crippen LogP contribution in [0.5, 0.6) is 11.5 Å². The van der Waals surface area contributed by atoms with E-state index in [2.05, 4.69) is 0 Å². The van der Waals surface area contributed by atoms with Gasteiger partial charge < -0.3 is 9.84 Å². The molecule has 0 bridgehead atoms. The van der Waals surface area contributed by atoms with E-state index in [-0.39, 0.29) is 28.0 Å². The molecule has 1 aliphatic heterocycles. The quantitative estimate of drug-likeness (QED) is 0.778. The van der Waals surface area contributed by atoms with E-state index in [1.165, 1.54) is 25.3 Å². The molecule has 2 amide bonds. The molecule has 1 aliphatic rings. The Bertz CT molecular complexity index is 931. The van der Waals surface area contributed by atoms with Crippen LogP contribution >= 0.6 is 23.4 Å². The van der Waals surface area contributed by atoms with Crippen molar-refractivity contribution in [2.24, 2.45) is 0 Å². The Balaban J connectivity index is 1.84. The third-order valence-electron chi connectivity index (χ3n) is 3.72. The van der Waals surface area contributed by atoms with Gasteiger partial charge in [-0.25, -0.2) is 4.39 Å². The minimum atomic E-state index is -0.492. The maximum Gasteiger partial charge on any atom is 0.293 e. The summed E-state index contributed by atoms with van der Waals surface area (Å²) >= 11 is 6.77. The Hall–Kier alpha value is -2.51. The summed E-state index contributed by atoms with van der Waals surface area (Å²) in [4.78, 5) is 26.0. The van der Waals surface area contributed by atoms with E-state index in [0.29, 0.717) is 11.1 Å². The monoisotopic (exact) mass is 393 g/mol. The fraction of sp³-hybridized carbons (Fsp3) is 0.111. The van der Waals surface area contributed by atoms with Gasteiger partial charge in [0.15, 0.2) is 11.5 Å². The molecule has 134 valence electrons. The Morgan fingerprint density at radius 1 is 1.27 bits per heavy atom. The van der Waals surface area contributed by atoms with Crippen molar-refractivity contribution in [1.82, 2.24) is 4.90 Å². The van der Waals surface area contributed by atoms with Crippen LogP contribution in [-0.2, 0) is 11.3 Å². The zero-order valence-corrected chi connectivity index (χ0v) is 15.1. The number of nitrogens with zero attached hydrogens (tertiary/aromatic N) is 1. The van der Waals surface area contributed by atoms with Crippen LogP contribution in [0.3, 0.4) is 0 Å². The van der Waals surface area contributed by atoms with Crippen molar-refractivity contribution in [3.8, 4) is 11.5 Å². The van der Waals surface area contributed by atoms with Gasteiger partial charge in [-0.05, 0) is 53.2 Å². The van der Waals surface area contributed by atoms with Crippen LogP contribution in [0.4, 0.5) is 9.18 Å².